The molecule has 1 aromatic heterocycles. The van der Waals surface area contributed by atoms with E-state index in [1.54, 1.807) is 11.3 Å². The third kappa shape index (κ3) is 4.20. The molecule has 0 bridgehead atoms. The van der Waals surface area contributed by atoms with Crippen molar-refractivity contribution in [3.8, 4) is 0 Å². The summed E-state index contributed by atoms with van der Waals surface area (Å²) in [5.74, 6) is 0. The van der Waals surface area contributed by atoms with E-state index in [0.29, 0.717) is 6.04 Å². The van der Waals surface area contributed by atoms with Gasteiger partial charge in [0.25, 0.3) is 0 Å². The Balaban J connectivity index is 2.15. The standard InChI is InChI=1S/C11H20N2S/c1-4-5-9(2)12-7-6-11-13-10(3)8-14-11/h8-9,12H,4-7H2,1-3H3. The lowest BCUT2D eigenvalue weighted by molar-refractivity contribution is 0.511. The highest BCUT2D eigenvalue weighted by atomic mass is 32.1. The zero-order valence-corrected chi connectivity index (χ0v) is 10.2. The zero-order chi connectivity index (χ0) is 10.4. The second-order valence-corrected chi connectivity index (χ2v) is 4.72. The molecule has 80 valence electrons. The molecule has 1 unspecified atom stereocenters. The summed E-state index contributed by atoms with van der Waals surface area (Å²) in [6, 6.07) is 0.640. The molecule has 0 aromatic carbocycles. The van der Waals surface area contributed by atoms with Crippen LogP contribution in [0, 0.1) is 6.92 Å². The molecule has 1 N–H and O–H groups in total. The van der Waals surface area contributed by atoms with E-state index in [1.807, 2.05) is 6.92 Å². The Morgan fingerprint density at radius 2 is 2.36 bits per heavy atom. The summed E-state index contributed by atoms with van der Waals surface area (Å²) in [7, 11) is 0. The van der Waals surface area contributed by atoms with Gasteiger partial charge in [0.1, 0.15) is 0 Å². The average molecular weight is 212 g/mol. The summed E-state index contributed by atoms with van der Waals surface area (Å²) in [4.78, 5) is 4.43. The summed E-state index contributed by atoms with van der Waals surface area (Å²) in [6.45, 7) is 7.57. The van der Waals surface area contributed by atoms with Gasteiger partial charge in [-0.1, -0.05) is 13.3 Å². The van der Waals surface area contributed by atoms with Crippen LogP contribution in [0.25, 0.3) is 0 Å². The van der Waals surface area contributed by atoms with Crippen molar-refractivity contribution in [2.45, 2.75) is 46.1 Å². The van der Waals surface area contributed by atoms with Gasteiger partial charge in [-0.2, -0.15) is 0 Å². The van der Waals surface area contributed by atoms with Crippen molar-refractivity contribution in [1.29, 1.82) is 0 Å². The van der Waals surface area contributed by atoms with Crippen LogP contribution in [-0.2, 0) is 6.42 Å². The molecular weight excluding hydrogens is 192 g/mol. The maximum Gasteiger partial charge on any atom is 0.0940 e. The van der Waals surface area contributed by atoms with Gasteiger partial charge < -0.3 is 5.32 Å². The molecule has 1 heterocycles. The normalized spacial score (nSPS) is 13.1. The minimum atomic E-state index is 0.640. The number of thiazole rings is 1. The van der Waals surface area contributed by atoms with Crippen molar-refractivity contribution in [3.63, 3.8) is 0 Å². The van der Waals surface area contributed by atoms with Gasteiger partial charge >= 0.3 is 0 Å². The summed E-state index contributed by atoms with van der Waals surface area (Å²) in [6.07, 6.45) is 3.58. The Kier molecular flexibility index (Phi) is 5.12. The van der Waals surface area contributed by atoms with Gasteiger partial charge in [0, 0.05) is 30.1 Å². The number of aromatic nitrogens is 1. The van der Waals surface area contributed by atoms with Gasteiger partial charge in [-0.05, 0) is 20.3 Å². The fraction of sp³-hybridized carbons (Fsp3) is 0.727. The highest BCUT2D eigenvalue weighted by Crippen LogP contribution is 2.08. The number of aryl methyl sites for hydroxylation is 1. The van der Waals surface area contributed by atoms with Crippen LogP contribution in [0.5, 0.6) is 0 Å². The largest absolute Gasteiger partial charge is 0.314 e. The topological polar surface area (TPSA) is 24.9 Å². The molecule has 1 atom stereocenters. The maximum absolute atomic E-state index is 4.43. The van der Waals surface area contributed by atoms with Gasteiger partial charge in [0.15, 0.2) is 0 Å². The van der Waals surface area contributed by atoms with Crippen molar-refractivity contribution in [2.24, 2.45) is 0 Å². The summed E-state index contributed by atoms with van der Waals surface area (Å²) in [5.41, 5.74) is 1.15. The van der Waals surface area contributed by atoms with Gasteiger partial charge in [0.05, 0.1) is 5.01 Å². The monoisotopic (exact) mass is 212 g/mol. The number of hydrogen-bond donors (Lipinski definition) is 1. The van der Waals surface area contributed by atoms with E-state index in [2.05, 4.69) is 29.5 Å². The first-order valence-electron chi connectivity index (χ1n) is 5.36. The quantitative estimate of drug-likeness (QED) is 0.784. The SMILES string of the molecule is CCCC(C)NCCc1nc(C)cs1. The lowest BCUT2D eigenvalue weighted by atomic mass is 10.2. The van der Waals surface area contributed by atoms with Crippen LogP contribution in [0.3, 0.4) is 0 Å². The van der Waals surface area contributed by atoms with Crippen molar-refractivity contribution in [1.82, 2.24) is 10.3 Å². The molecule has 1 rings (SSSR count). The molecule has 0 radical (unpaired) electrons. The van der Waals surface area contributed by atoms with Crippen LogP contribution >= 0.6 is 11.3 Å². The summed E-state index contributed by atoms with van der Waals surface area (Å²) < 4.78 is 0. The Bertz CT molecular complexity index is 258. The Labute approximate surface area is 90.8 Å². The van der Waals surface area contributed by atoms with Crippen LogP contribution in [0.1, 0.15) is 37.4 Å². The lowest BCUT2D eigenvalue weighted by Crippen LogP contribution is -2.27. The van der Waals surface area contributed by atoms with E-state index >= 15 is 0 Å². The summed E-state index contributed by atoms with van der Waals surface area (Å²) >= 11 is 1.76. The molecule has 2 nitrogen and oxygen atoms in total. The van der Waals surface area contributed by atoms with Gasteiger partial charge in [-0.3, -0.25) is 0 Å². The first-order chi connectivity index (χ1) is 6.72. The number of nitrogens with zero attached hydrogens (tertiary/aromatic N) is 1. The molecule has 0 aliphatic heterocycles. The average Bonchev–Trinajstić information content (AvgIpc) is 2.52. The molecule has 0 saturated heterocycles. The van der Waals surface area contributed by atoms with E-state index < -0.39 is 0 Å². The highest BCUT2D eigenvalue weighted by molar-refractivity contribution is 7.09. The van der Waals surface area contributed by atoms with E-state index in [9.17, 15) is 0 Å². The predicted molar refractivity (Wildman–Crippen MR) is 62.9 cm³/mol. The fourth-order valence-electron chi connectivity index (χ4n) is 1.48. The van der Waals surface area contributed by atoms with Crippen LogP contribution in [0.15, 0.2) is 5.38 Å². The van der Waals surface area contributed by atoms with Crippen molar-refractivity contribution < 1.29 is 0 Å². The second-order valence-electron chi connectivity index (χ2n) is 3.78. The first-order valence-corrected chi connectivity index (χ1v) is 6.24. The Morgan fingerprint density at radius 1 is 1.57 bits per heavy atom. The third-order valence-electron chi connectivity index (χ3n) is 2.22. The fourth-order valence-corrected chi connectivity index (χ4v) is 2.25. The van der Waals surface area contributed by atoms with Crippen molar-refractivity contribution >= 4 is 11.3 Å². The molecule has 3 heteroatoms. The van der Waals surface area contributed by atoms with Crippen molar-refractivity contribution in [3.05, 3.63) is 16.1 Å². The van der Waals surface area contributed by atoms with E-state index in [1.165, 1.54) is 17.8 Å². The van der Waals surface area contributed by atoms with Crippen LogP contribution in [-0.4, -0.2) is 17.6 Å². The molecular formula is C11H20N2S. The minimum absolute atomic E-state index is 0.640. The molecule has 0 spiro atoms. The molecule has 0 fully saturated rings. The second kappa shape index (κ2) is 6.14. The Hall–Kier alpha value is -0.410. The first kappa shape index (κ1) is 11.7. The van der Waals surface area contributed by atoms with E-state index in [4.69, 9.17) is 0 Å². The van der Waals surface area contributed by atoms with Crippen LogP contribution in [0.4, 0.5) is 0 Å². The summed E-state index contributed by atoms with van der Waals surface area (Å²) in [5, 5.41) is 6.87. The van der Waals surface area contributed by atoms with Gasteiger partial charge in [-0.15, -0.1) is 11.3 Å². The minimum Gasteiger partial charge on any atom is -0.314 e. The van der Waals surface area contributed by atoms with Gasteiger partial charge in [-0.25, -0.2) is 4.98 Å². The number of hydrogen-bond acceptors (Lipinski definition) is 3. The smallest absolute Gasteiger partial charge is 0.0940 e. The van der Waals surface area contributed by atoms with E-state index in [0.717, 1.165) is 18.7 Å². The molecule has 0 aliphatic rings. The van der Waals surface area contributed by atoms with Gasteiger partial charge in [0.2, 0.25) is 0 Å². The third-order valence-corrected chi connectivity index (χ3v) is 3.25. The highest BCUT2D eigenvalue weighted by Gasteiger charge is 2.01. The molecule has 0 saturated carbocycles. The number of nitrogens with one attached hydrogen (secondary N) is 1. The molecule has 1 aromatic rings. The van der Waals surface area contributed by atoms with Crippen LogP contribution in [0.2, 0.25) is 0 Å². The molecule has 14 heavy (non-hydrogen) atoms. The zero-order valence-electron chi connectivity index (χ0n) is 9.34. The van der Waals surface area contributed by atoms with Crippen LogP contribution < -0.4 is 5.32 Å². The Morgan fingerprint density at radius 3 is 2.93 bits per heavy atom. The van der Waals surface area contributed by atoms with Crippen molar-refractivity contribution in [2.75, 3.05) is 6.54 Å². The number of rotatable bonds is 6. The molecule has 0 amide bonds. The lowest BCUT2D eigenvalue weighted by Gasteiger charge is -2.11. The molecule has 0 aliphatic carbocycles. The predicted octanol–water partition coefficient (Wildman–Crippen LogP) is 2.77. The van der Waals surface area contributed by atoms with E-state index in [-0.39, 0.29) is 0 Å². The maximum atomic E-state index is 4.43.